The molecule has 0 unspecified atom stereocenters. The summed E-state index contributed by atoms with van der Waals surface area (Å²) < 4.78 is 1.86. The molecule has 3 rings (SSSR count). The first-order chi connectivity index (χ1) is 13.5. The Balaban J connectivity index is 1.58. The number of carbonyl (C=O) groups is 2. The third-order valence-electron chi connectivity index (χ3n) is 4.40. The Bertz CT molecular complexity index is 999. The van der Waals surface area contributed by atoms with E-state index < -0.39 is 0 Å². The summed E-state index contributed by atoms with van der Waals surface area (Å²) >= 11 is 5.88. The number of halogens is 1. The normalized spacial score (nSPS) is 10.5. The number of amides is 2. The third kappa shape index (κ3) is 4.58. The van der Waals surface area contributed by atoms with Crippen LogP contribution in [0.1, 0.15) is 27.3 Å². The van der Waals surface area contributed by atoms with Gasteiger partial charge in [-0.05, 0) is 44.2 Å². The first kappa shape index (κ1) is 19.6. The lowest BCUT2D eigenvalue weighted by atomic mass is 10.2. The van der Waals surface area contributed by atoms with Crippen molar-refractivity contribution in [3.05, 3.63) is 82.1 Å². The number of nitrogens with zero attached hydrogens (tertiary/aromatic N) is 2. The first-order valence-corrected chi connectivity index (χ1v) is 9.24. The van der Waals surface area contributed by atoms with Crippen LogP contribution in [0, 0.1) is 13.8 Å². The number of benzene rings is 2. The van der Waals surface area contributed by atoms with Crippen molar-refractivity contribution in [1.82, 2.24) is 20.4 Å². The van der Waals surface area contributed by atoms with Crippen LogP contribution in [0.15, 0.2) is 54.6 Å². The molecule has 0 saturated heterocycles. The van der Waals surface area contributed by atoms with Gasteiger partial charge in [-0.2, -0.15) is 5.10 Å². The van der Waals surface area contributed by atoms with E-state index in [0.29, 0.717) is 17.1 Å². The van der Waals surface area contributed by atoms with Gasteiger partial charge in [0.25, 0.3) is 5.91 Å². The predicted molar refractivity (Wildman–Crippen MR) is 109 cm³/mol. The Morgan fingerprint density at radius 2 is 1.79 bits per heavy atom. The van der Waals surface area contributed by atoms with E-state index in [-0.39, 0.29) is 18.4 Å². The fourth-order valence-corrected chi connectivity index (χ4v) is 3.08. The van der Waals surface area contributed by atoms with Crippen molar-refractivity contribution < 1.29 is 9.59 Å². The second kappa shape index (κ2) is 8.71. The molecule has 2 amide bonds. The largest absolute Gasteiger partial charge is 0.350 e. The molecule has 2 N–H and O–H groups in total. The minimum Gasteiger partial charge on any atom is -0.350 e. The fourth-order valence-electron chi connectivity index (χ4n) is 2.89. The van der Waals surface area contributed by atoms with Crippen LogP contribution in [0.25, 0.3) is 5.69 Å². The molecule has 7 heteroatoms. The first-order valence-electron chi connectivity index (χ1n) is 8.86. The highest BCUT2D eigenvalue weighted by Crippen LogP contribution is 2.17. The van der Waals surface area contributed by atoms with Gasteiger partial charge in [0, 0.05) is 28.4 Å². The van der Waals surface area contributed by atoms with Gasteiger partial charge in [0.15, 0.2) is 0 Å². The molecule has 144 valence electrons. The topological polar surface area (TPSA) is 76.0 Å². The van der Waals surface area contributed by atoms with Gasteiger partial charge in [-0.3, -0.25) is 9.59 Å². The molecule has 0 radical (unpaired) electrons. The summed E-state index contributed by atoms with van der Waals surface area (Å²) in [4.78, 5) is 24.2. The van der Waals surface area contributed by atoms with Crippen LogP contribution in [0.3, 0.4) is 0 Å². The summed E-state index contributed by atoms with van der Waals surface area (Å²) in [5.41, 5.74) is 4.15. The smallest absolute Gasteiger partial charge is 0.251 e. The number of para-hydroxylation sites is 1. The highest BCUT2D eigenvalue weighted by molar-refractivity contribution is 6.30. The molecule has 0 aliphatic carbocycles. The molecule has 0 spiro atoms. The summed E-state index contributed by atoms with van der Waals surface area (Å²) in [6, 6.07) is 16.4. The second-order valence-corrected chi connectivity index (χ2v) is 6.80. The van der Waals surface area contributed by atoms with E-state index in [1.54, 1.807) is 24.3 Å². The lowest BCUT2D eigenvalue weighted by Crippen LogP contribution is -2.36. The van der Waals surface area contributed by atoms with Crippen molar-refractivity contribution in [2.24, 2.45) is 0 Å². The molecule has 0 saturated carbocycles. The van der Waals surface area contributed by atoms with Gasteiger partial charge in [0.1, 0.15) is 0 Å². The van der Waals surface area contributed by atoms with E-state index in [9.17, 15) is 9.59 Å². The van der Waals surface area contributed by atoms with Gasteiger partial charge in [-0.25, -0.2) is 4.68 Å². The summed E-state index contributed by atoms with van der Waals surface area (Å²) in [5, 5.41) is 10.5. The van der Waals surface area contributed by atoms with Crippen LogP contribution in [0.5, 0.6) is 0 Å². The minimum atomic E-state index is -0.345. The quantitative estimate of drug-likeness (QED) is 0.671. The molecule has 1 heterocycles. The Hall–Kier alpha value is -3.12. The molecule has 0 fully saturated rings. The van der Waals surface area contributed by atoms with Crippen molar-refractivity contribution in [1.29, 1.82) is 0 Å². The maximum absolute atomic E-state index is 12.1. The number of hydrogen-bond donors (Lipinski definition) is 2. The number of hydrogen-bond acceptors (Lipinski definition) is 3. The number of rotatable bonds is 6. The molecule has 0 atom stereocenters. The zero-order valence-corrected chi connectivity index (χ0v) is 16.5. The molecule has 0 bridgehead atoms. The molecule has 6 nitrogen and oxygen atoms in total. The van der Waals surface area contributed by atoms with Crippen LogP contribution in [0.4, 0.5) is 0 Å². The second-order valence-electron chi connectivity index (χ2n) is 6.37. The fraction of sp³-hybridized carbons (Fsp3) is 0.190. The summed E-state index contributed by atoms with van der Waals surface area (Å²) in [5.74, 6) is -0.622. The van der Waals surface area contributed by atoms with Gasteiger partial charge in [-0.15, -0.1) is 0 Å². The van der Waals surface area contributed by atoms with Crippen molar-refractivity contribution in [3.63, 3.8) is 0 Å². The predicted octanol–water partition coefficient (Wildman–Crippen LogP) is 3.19. The van der Waals surface area contributed by atoms with Crippen LogP contribution >= 0.6 is 11.6 Å². The maximum Gasteiger partial charge on any atom is 0.251 e. The van der Waals surface area contributed by atoms with E-state index >= 15 is 0 Å². The molecule has 0 aliphatic heterocycles. The summed E-state index contributed by atoms with van der Waals surface area (Å²) in [6.45, 7) is 4.11. The number of carbonyl (C=O) groups excluding carboxylic acids is 2. The lowest BCUT2D eigenvalue weighted by Gasteiger charge is -2.08. The van der Waals surface area contributed by atoms with Gasteiger partial charge >= 0.3 is 0 Å². The van der Waals surface area contributed by atoms with Crippen LogP contribution in [0.2, 0.25) is 5.02 Å². The summed E-state index contributed by atoms with van der Waals surface area (Å²) in [7, 11) is 0. The van der Waals surface area contributed by atoms with Gasteiger partial charge in [-0.1, -0.05) is 35.9 Å². The van der Waals surface area contributed by atoms with Crippen LogP contribution in [-0.4, -0.2) is 28.1 Å². The van der Waals surface area contributed by atoms with Crippen molar-refractivity contribution in [2.45, 2.75) is 20.4 Å². The average molecular weight is 397 g/mol. The van der Waals surface area contributed by atoms with Gasteiger partial charge in [0.2, 0.25) is 5.91 Å². The Labute approximate surface area is 168 Å². The van der Waals surface area contributed by atoms with Gasteiger partial charge < -0.3 is 10.6 Å². The van der Waals surface area contributed by atoms with E-state index in [0.717, 1.165) is 22.6 Å². The third-order valence-corrected chi connectivity index (χ3v) is 4.64. The molecule has 1 aromatic heterocycles. The Morgan fingerprint density at radius 3 is 2.50 bits per heavy atom. The molecule has 2 aromatic carbocycles. The zero-order valence-electron chi connectivity index (χ0n) is 15.7. The van der Waals surface area contributed by atoms with Crippen LogP contribution in [-0.2, 0) is 11.3 Å². The van der Waals surface area contributed by atoms with E-state index in [1.165, 1.54) is 0 Å². The Morgan fingerprint density at radius 1 is 1.04 bits per heavy atom. The zero-order chi connectivity index (χ0) is 20.1. The molecule has 3 aromatic rings. The molecule has 28 heavy (non-hydrogen) atoms. The van der Waals surface area contributed by atoms with Gasteiger partial charge in [0.05, 0.1) is 17.9 Å². The summed E-state index contributed by atoms with van der Waals surface area (Å²) in [6.07, 6.45) is 0. The van der Waals surface area contributed by atoms with Crippen molar-refractivity contribution in [2.75, 3.05) is 6.54 Å². The SMILES string of the molecule is Cc1nn(-c2ccccc2)c(C)c1CNC(=O)CNC(=O)c1cccc(Cl)c1. The maximum atomic E-state index is 12.1. The number of nitrogens with one attached hydrogen (secondary N) is 2. The Kier molecular flexibility index (Phi) is 6.11. The highest BCUT2D eigenvalue weighted by atomic mass is 35.5. The monoisotopic (exact) mass is 396 g/mol. The molecular formula is C21H21ClN4O2. The van der Waals surface area contributed by atoms with Crippen LogP contribution < -0.4 is 10.6 Å². The average Bonchev–Trinajstić information content (AvgIpc) is 2.98. The van der Waals surface area contributed by atoms with Crippen molar-refractivity contribution >= 4 is 23.4 Å². The highest BCUT2D eigenvalue weighted by Gasteiger charge is 2.14. The van der Waals surface area contributed by atoms with E-state index in [1.807, 2.05) is 48.9 Å². The lowest BCUT2D eigenvalue weighted by molar-refractivity contribution is -0.120. The van der Waals surface area contributed by atoms with E-state index in [2.05, 4.69) is 15.7 Å². The number of aryl methyl sites for hydroxylation is 1. The standard InChI is InChI=1S/C21H21ClN4O2/c1-14-19(15(2)26(25-14)18-9-4-3-5-10-18)12-23-20(27)13-24-21(28)16-7-6-8-17(22)11-16/h3-11H,12-13H2,1-2H3,(H,23,27)(H,24,28). The number of aromatic nitrogens is 2. The molecule has 0 aliphatic rings. The van der Waals surface area contributed by atoms with Crippen molar-refractivity contribution in [3.8, 4) is 5.69 Å². The minimum absolute atomic E-state index is 0.115. The molecular weight excluding hydrogens is 376 g/mol. The van der Waals surface area contributed by atoms with E-state index in [4.69, 9.17) is 11.6 Å².